The summed E-state index contributed by atoms with van der Waals surface area (Å²) in [6, 6.07) is 6.05. The van der Waals surface area contributed by atoms with Crippen LogP contribution in [0.25, 0.3) is 0 Å². The molecule has 1 unspecified atom stereocenters. The van der Waals surface area contributed by atoms with Gasteiger partial charge < -0.3 is 9.47 Å². The predicted octanol–water partition coefficient (Wildman–Crippen LogP) is 3.63. The summed E-state index contributed by atoms with van der Waals surface area (Å²) >= 11 is 3.37. The topological polar surface area (TPSA) is 44.2 Å². The minimum absolute atomic E-state index is 0.142. The van der Waals surface area contributed by atoms with E-state index in [1.54, 1.807) is 6.20 Å². The van der Waals surface area contributed by atoms with Crippen LogP contribution in [0.3, 0.4) is 0 Å². The minimum Gasteiger partial charge on any atom is -0.484 e. The molecule has 0 radical (unpaired) electrons. The maximum Gasteiger partial charge on any atom is 0.257 e. The highest BCUT2D eigenvalue weighted by Crippen LogP contribution is 2.40. The number of halogens is 1. The van der Waals surface area contributed by atoms with Gasteiger partial charge in [0.15, 0.2) is 11.9 Å². The number of ether oxygens (including phenoxy) is 2. The second-order valence-electron chi connectivity index (χ2n) is 5.16. The Balaban J connectivity index is 1.56. The Morgan fingerprint density at radius 2 is 2.05 bits per heavy atom. The third-order valence-electron chi connectivity index (χ3n) is 3.61. The van der Waals surface area contributed by atoms with Crippen molar-refractivity contribution in [2.45, 2.75) is 24.9 Å². The average molecular weight is 333 g/mol. The third kappa shape index (κ3) is 2.26. The Bertz CT molecular complexity index is 641. The number of nitrogens with zero attached hydrogens (tertiary/aromatic N) is 2. The number of pyridine rings is 2. The Hall–Kier alpha value is -1.62. The number of hydrogen-bond acceptors (Lipinski definition) is 4. The van der Waals surface area contributed by atoms with Crippen LogP contribution in [-0.2, 0) is 0 Å². The van der Waals surface area contributed by atoms with Crippen LogP contribution in [0.2, 0.25) is 0 Å². The van der Waals surface area contributed by atoms with Gasteiger partial charge in [-0.15, -0.1) is 0 Å². The Morgan fingerprint density at radius 1 is 1.15 bits per heavy atom. The van der Waals surface area contributed by atoms with Crippen LogP contribution in [-0.4, -0.2) is 16.6 Å². The molecule has 0 bridgehead atoms. The second kappa shape index (κ2) is 4.74. The summed E-state index contributed by atoms with van der Waals surface area (Å²) in [5, 5.41) is 0. The van der Waals surface area contributed by atoms with Crippen LogP contribution >= 0.6 is 15.9 Å². The number of rotatable bonds is 2. The highest BCUT2D eigenvalue weighted by atomic mass is 79.9. The first-order chi connectivity index (χ1) is 9.79. The van der Waals surface area contributed by atoms with Gasteiger partial charge in [0.2, 0.25) is 0 Å². The fraction of sp³-hybridized carbons (Fsp3) is 0.333. The maximum atomic E-state index is 5.89. The summed E-state index contributed by atoms with van der Waals surface area (Å²) in [7, 11) is 0. The molecule has 0 spiro atoms. The molecular formula is C15H13BrN2O2. The second-order valence-corrected chi connectivity index (χ2v) is 6.08. The molecule has 4 nitrogen and oxygen atoms in total. The van der Waals surface area contributed by atoms with E-state index in [0.29, 0.717) is 24.2 Å². The maximum absolute atomic E-state index is 5.89. The van der Waals surface area contributed by atoms with Crippen LogP contribution in [0.1, 0.15) is 36.1 Å². The predicted molar refractivity (Wildman–Crippen MR) is 77.0 cm³/mol. The van der Waals surface area contributed by atoms with Crippen LogP contribution in [0, 0.1) is 0 Å². The first-order valence-corrected chi connectivity index (χ1v) is 7.50. The molecule has 0 saturated heterocycles. The lowest BCUT2D eigenvalue weighted by Crippen LogP contribution is -2.22. The highest BCUT2D eigenvalue weighted by molar-refractivity contribution is 9.10. The molecule has 4 rings (SSSR count). The van der Waals surface area contributed by atoms with E-state index in [9.17, 15) is 0 Å². The summed E-state index contributed by atoms with van der Waals surface area (Å²) in [6.45, 7) is 0.482. The van der Waals surface area contributed by atoms with Gasteiger partial charge in [-0.3, -0.25) is 4.98 Å². The van der Waals surface area contributed by atoms with E-state index in [0.717, 1.165) is 10.0 Å². The molecule has 3 heterocycles. The van der Waals surface area contributed by atoms with Crippen molar-refractivity contribution in [1.29, 1.82) is 0 Å². The molecule has 1 saturated carbocycles. The van der Waals surface area contributed by atoms with Crippen molar-refractivity contribution < 1.29 is 9.47 Å². The summed E-state index contributed by atoms with van der Waals surface area (Å²) in [5.41, 5.74) is 2.22. The van der Waals surface area contributed by atoms with Gasteiger partial charge in [0.1, 0.15) is 6.61 Å². The van der Waals surface area contributed by atoms with Crippen LogP contribution in [0.4, 0.5) is 0 Å². The summed E-state index contributed by atoms with van der Waals surface area (Å²) in [5.74, 6) is 1.89. The fourth-order valence-corrected chi connectivity index (χ4v) is 2.64. The standard InChI is InChI=1S/C15H13BrN2O2/c16-11-5-13-15(18-7-11)20-14(8-19-13)10-3-4-12(17-6-10)9-1-2-9/h3-7,9,14H,1-2,8H2. The molecule has 2 aromatic heterocycles. The molecule has 0 amide bonds. The van der Waals surface area contributed by atoms with E-state index < -0.39 is 0 Å². The Kier molecular flexibility index (Phi) is 2.88. The van der Waals surface area contributed by atoms with Crippen molar-refractivity contribution in [2.75, 3.05) is 6.61 Å². The van der Waals surface area contributed by atoms with Crippen molar-refractivity contribution in [3.05, 3.63) is 46.3 Å². The summed E-state index contributed by atoms with van der Waals surface area (Å²) in [6.07, 6.45) is 5.99. The normalized spacial score (nSPS) is 20.8. The molecule has 102 valence electrons. The van der Waals surface area contributed by atoms with Crippen LogP contribution in [0.15, 0.2) is 35.1 Å². The lowest BCUT2D eigenvalue weighted by atomic mass is 10.1. The molecule has 2 aliphatic rings. The van der Waals surface area contributed by atoms with Crippen molar-refractivity contribution in [3.8, 4) is 11.6 Å². The highest BCUT2D eigenvalue weighted by Gasteiger charge is 2.27. The van der Waals surface area contributed by atoms with Gasteiger partial charge in [-0.1, -0.05) is 6.07 Å². The number of hydrogen-bond donors (Lipinski definition) is 0. The average Bonchev–Trinajstić information content (AvgIpc) is 3.32. The molecule has 1 aliphatic carbocycles. The Morgan fingerprint density at radius 3 is 2.80 bits per heavy atom. The Labute approximate surface area is 125 Å². The minimum atomic E-state index is -0.142. The monoisotopic (exact) mass is 332 g/mol. The fourth-order valence-electron chi connectivity index (χ4n) is 2.33. The van der Waals surface area contributed by atoms with E-state index in [2.05, 4.69) is 38.0 Å². The molecule has 20 heavy (non-hydrogen) atoms. The van der Waals surface area contributed by atoms with E-state index in [-0.39, 0.29) is 6.10 Å². The van der Waals surface area contributed by atoms with Crippen molar-refractivity contribution in [1.82, 2.24) is 9.97 Å². The molecule has 0 aromatic carbocycles. The molecule has 2 aromatic rings. The van der Waals surface area contributed by atoms with Crippen molar-refractivity contribution in [3.63, 3.8) is 0 Å². The van der Waals surface area contributed by atoms with Gasteiger partial charge in [-0.25, -0.2) is 4.98 Å². The van der Waals surface area contributed by atoms with E-state index >= 15 is 0 Å². The van der Waals surface area contributed by atoms with Gasteiger partial charge in [0, 0.05) is 40.1 Å². The number of aromatic nitrogens is 2. The van der Waals surface area contributed by atoms with E-state index in [4.69, 9.17) is 9.47 Å². The van der Waals surface area contributed by atoms with Crippen molar-refractivity contribution >= 4 is 15.9 Å². The van der Waals surface area contributed by atoms with Crippen LogP contribution < -0.4 is 9.47 Å². The lowest BCUT2D eigenvalue weighted by molar-refractivity contribution is 0.0847. The molecule has 1 atom stereocenters. The molecule has 1 aliphatic heterocycles. The van der Waals surface area contributed by atoms with Gasteiger partial charge in [0.25, 0.3) is 5.88 Å². The zero-order valence-electron chi connectivity index (χ0n) is 10.8. The first kappa shape index (κ1) is 12.1. The van der Waals surface area contributed by atoms with E-state index in [1.807, 2.05) is 12.3 Å². The first-order valence-electron chi connectivity index (χ1n) is 6.70. The van der Waals surface area contributed by atoms with Gasteiger partial charge in [-0.05, 0) is 34.8 Å². The van der Waals surface area contributed by atoms with Crippen LogP contribution in [0.5, 0.6) is 11.6 Å². The van der Waals surface area contributed by atoms with Gasteiger partial charge >= 0.3 is 0 Å². The quantitative estimate of drug-likeness (QED) is 0.842. The lowest BCUT2D eigenvalue weighted by Gasteiger charge is -2.25. The largest absolute Gasteiger partial charge is 0.484 e. The summed E-state index contributed by atoms with van der Waals surface area (Å²) in [4.78, 5) is 8.76. The van der Waals surface area contributed by atoms with Gasteiger partial charge in [-0.2, -0.15) is 0 Å². The zero-order chi connectivity index (χ0) is 13.5. The SMILES string of the molecule is Brc1cnc2c(c1)OCC(c1ccc(C3CC3)nc1)O2. The van der Waals surface area contributed by atoms with E-state index in [1.165, 1.54) is 18.5 Å². The zero-order valence-corrected chi connectivity index (χ0v) is 12.3. The van der Waals surface area contributed by atoms with Gasteiger partial charge in [0.05, 0.1) is 0 Å². The van der Waals surface area contributed by atoms with Crippen molar-refractivity contribution in [2.24, 2.45) is 0 Å². The molecule has 0 N–H and O–H groups in total. The molecule has 1 fully saturated rings. The smallest absolute Gasteiger partial charge is 0.257 e. The third-order valence-corrected chi connectivity index (χ3v) is 4.04. The molecule has 5 heteroatoms. The molecular weight excluding hydrogens is 320 g/mol. The number of fused-ring (bicyclic) bond motifs is 1. The summed E-state index contributed by atoms with van der Waals surface area (Å²) < 4.78 is 12.5.